The van der Waals surface area contributed by atoms with Crippen LogP contribution in [0.3, 0.4) is 0 Å². The number of anilines is 1. The number of nitro benzene ring substituents is 1. The zero-order valence-corrected chi connectivity index (χ0v) is 12.1. The Morgan fingerprint density at radius 3 is 2.95 bits per heavy atom. The molecule has 1 aromatic rings. The van der Waals surface area contributed by atoms with Gasteiger partial charge in [-0.05, 0) is 25.5 Å². The van der Waals surface area contributed by atoms with Gasteiger partial charge in [0.2, 0.25) is 0 Å². The predicted molar refractivity (Wildman–Crippen MR) is 80.0 cm³/mol. The molecule has 0 aliphatic carbocycles. The van der Waals surface area contributed by atoms with Crippen molar-refractivity contribution >= 4 is 11.4 Å². The third-order valence-corrected chi connectivity index (χ3v) is 3.70. The van der Waals surface area contributed by atoms with Crippen LogP contribution in [0.15, 0.2) is 18.2 Å². The standard InChI is InChI=1S/C14H21N3O4/c1-21-14-9-12(4-5-13(14)17(19)20)16(7-8-18)10-11-3-2-6-15-11/h4-5,9,11,15,18H,2-3,6-8,10H2,1H3. The smallest absolute Gasteiger partial charge is 0.311 e. The van der Waals surface area contributed by atoms with Crippen LogP contribution in [0.4, 0.5) is 11.4 Å². The van der Waals surface area contributed by atoms with Crippen LogP contribution in [0.2, 0.25) is 0 Å². The third-order valence-electron chi connectivity index (χ3n) is 3.70. The van der Waals surface area contributed by atoms with Gasteiger partial charge < -0.3 is 20.1 Å². The van der Waals surface area contributed by atoms with Gasteiger partial charge in [-0.15, -0.1) is 0 Å². The molecule has 1 heterocycles. The first-order chi connectivity index (χ1) is 10.2. The molecule has 116 valence electrons. The second-order valence-electron chi connectivity index (χ2n) is 5.08. The topological polar surface area (TPSA) is 87.9 Å². The molecular weight excluding hydrogens is 274 g/mol. The quantitative estimate of drug-likeness (QED) is 0.579. The van der Waals surface area contributed by atoms with Crippen LogP contribution in [-0.4, -0.2) is 49.4 Å². The Morgan fingerprint density at radius 1 is 1.57 bits per heavy atom. The van der Waals surface area contributed by atoms with Gasteiger partial charge in [-0.1, -0.05) is 0 Å². The van der Waals surface area contributed by atoms with Crippen LogP contribution in [0.1, 0.15) is 12.8 Å². The highest BCUT2D eigenvalue weighted by Gasteiger charge is 2.21. The maximum atomic E-state index is 10.9. The summed E-state index contributed by atoms with van der Waals surface area (Å²) in [6.45, 7) is 2.30. The maximum absolute atomic E-state index is 10.9. The van der Waals surface area contributed by atoms with E-state index in [0.717, 1.165) is 31.6 Å². The fourth-order valence-electron chi connectivity index (χ4n) is 2.64. The Hall–Kier alpha value is -1.86. The lowest BCUT2D eigenvalue weighted by molar-refractivity contribution is -0.385. The van der Waals surface area contributed by atoms with Crippen molar-refractivity contribution in [2.24, 2.45) is 0 Å². The Kier molecular flexibility index (Phi) is 5.35. The molecule has 0 aromatic heterocycles. The molecule has 7 nitrogen and oxygen atoms in total. The van der Waals surface area contributed by atoms with E-state index in [9.17, 15) is 15.2 Å². The van der Waals surface area contributed by atoms with Gasteiger partial charge in [0.05, 0.1) is 18.6 Å². The van der Waals surface area contributed by atoms with Gasteiger partial charge in [0, 0.05) is 37.0 Å². The molecule has 0 amide bonds. The van der Waals surface area contributed by atoms with Crippen molar-refractivity contribution in [3.8, 4) is 5.75 Å². The van der Waals surface area contributed by atoms with Crippen molar-refractivity contribution in [3.63, 3.8) is 0 Å². The summed E-state index contributed by atoms with van der Waals surface area (Å²) in [5.41, 5.74) is 0.768. The lowest BCUT2D eigenvalue weighted by Gasteiger charge is -2.27. The van der Waals surface area contributed by atoms with E-state index in [1.165, 1.54) is 13.2 Å². The zero-order valence-electron chi connectivity index (χ0n) is 12.1. The zero-order chi connectivity index (χ0) is 15.2. The van der Waals surface area contributed by atoms with Gasteiger partial charge >= 0.3 is 5.69 Å². The lowest BCUT2D eigenvalue weighted by Crippen LogP contribution is -2.39. The minimum atomic E-state index is -0.461. The van der Waals surface area contributed by atoms with E-state index < -0.39 is 4.92 Å². The number of nitro groups is 1. The number of methoxy groups -OCH3 is 1. The van der Waals surface area contributed by atoms with E-state index in [1.54, 1.807) is 12.1 Å². The van der Waals surface area contributed by atoms with E-state index in [-0.39, 0.29) is 18.0 Å². The fourth-order valence-corrected chi connectivity index (χ4v) is 2.64. The van der Waals surface area contributed by atoms with Crippen LogP contribution in [0.5, 0.6) is 5.75 Å². The van der Waals surface area contributed by atoms with Crippen molar-refractivity contribution in [2.45, 2.75) is 18.9 Å². The van der Waals surface area contributed by atoms with Crippen molar-refractivity contribution in [2.75, 3.05) is 38.3 Å². The highest BCUT2D eigenvalue weighted by molar-refractivity contribution is 5.59. The molecule has 1 unspecified atom stereocenters. The Morgan fingerprint density at radius 2 is 2.38 bits per heavy atom. The molecule has 2 rings (SSSR count). The van der Waals surface area contributed by atoms with Gasteiger partial charge in [0.25, 0.3) is 0 Å². The van der Waals surface area contributed by atoms with Crippen LogP contribution in [-0.2, 0) is 0 Å². The number of aliphatic hydroxyl groups excluding tert-OH is 1. The summed E-state index contributed by atoms with van der Waals surface area (Å²) in [7, 11) is 1.42. The average Bonchev–Trinajstić information content (AvgIpc) is 2.99. The third kappa shape index (κ3) is 3.83. The Labute approximate surface area is 123 Å². The molecule has 1 aliphatic rings. The summed E-state index contributed by atoms with van der Waals surface area (Å²) in [6.07, 6.45) is 2.26. The van der Waals surface area contributed by atoms with Gasteiger partial charge in [-0.25, -0.2) is 0 Å². The predicted octanol–water partition coefficient (Wildman–Crippen LogP) is 1.15. The SMILES string of the molecule is COc1cc(N(CCO)CC2CCCN2)ccc1[N+](=O)[O-]. The molecule has 1 atom stereocenters. The number of nitrogens with zero attached hydrogens (tertiary/aromatic N) is 2. The van der Waals surface area contributed by atoms with Gasteiger partial charge in [0.1, 0.15) is 0 Å². The summed E-state index contributed by atoms with van der Waals surface area (Å²) >= 11 is 0. The second-order valence-corrected chi connectivity index (χ2v) is 5.08. The molecule has 21 heavy (non-hydrogen) atoms. The number of ether oxygens (including phenoxy) is 1. The summed E-state index contributed by atoms with van der Waals surface area (Å²) in [5, 5.41) is 23.6. The number of hydrogen-bond acceptors (Lipinski definition) is 6. The first kappa shape index (κ1) is 15.5. The van der Waals surface area contributed by atoms with Crippen LogP contribution >= 0.6 is 0 Å². The average molecular weight is 295 g/mol. The lowest BCUT2D eigenvalue weighted by atomic mass is 10.2. The molecule has 2 N–H and O–H groups in total. The largest absolute Gasteiger partial charge is 0.490 e. The highest BCUT2D eigenvalue weighted by Crippen LogP contribution is 2.31. The van der Waals surface area contributed by atoms with Crippen molar-refractivity contribution in [1.82, 2.24) is 5.32 Å². The molecule has 0 saturated carbocycles. The van der Waals surface area contributed by atoms with Crippen LogP contribution < -0.4 is 15.0 Å². The summed E-state index contributed by atoms with van der Waals surface area (Å²) < 4.78 is 5.10. The minimum absolute atomic E-state index is 0.0338. The second kappa shape index (κ2) is 7.24. The number of hydrogen-bond donors (Lipinski definition) is 2. The molecule has 1 fully saturated rings. The van der Waals surface area contributed by atoms with Crippen molar-refractivity contribution in [3.05, 3.63) is 28.3 Å². The maximum Gasteiger partial charge on any atom is 0.311 e. The van der Waals surface area contributed by atoms with Gasteiger partial charge in [-0.2, -0.15) is 0 Å². The van der Waals surface area contributed by atoms with Crippen LogP contribution in [0, 0.1) is 10.1 Å². The van der Waals surface area contributed by atoms with E-state index in [0.29, 0.717) is 12.6 Å². The molecule has 1 saturated heterocycles. The molecule has 0 radical (unpaired) electrons. The Balaban J connectivity index is 2.20. The minimum Gasteiger partial charge on any atom is -0.490 e. The van der Waals surface area contributed by atoms with Crippen LogP contribution in [0.25, 0.3) is 0 Å². The summed E-state index contributed by atoms with van der Waals surface area (Å²) in [5.74, 6) is 0.236. The molecule has 0 spiro atoms. The van der Waals surface area contributed by atoms with E-state index in [4.69, 9.17) is 4.74 Å². The van der Waals surface area contributed by atoms with E-state index in [1.807, 2.05) is 4.90 Å². The normalized spacial score (nSPS) is 17.7. The van der Waals surface area contributed by atoms with Crippen molar-refractivity contribution < 1.29 is 14.8 Å². The highest BCUT2D eigenvalue weighted by atomic mass is 16.6. The summed E-state index contributed by atoms with van der Waals surface area (Å²) in [6, 6.07) is 5.19. The number of nitrogens with one attached hydrogen (secondary N) is 1. The van der Waals surface area contributed by atoms with Crippen molar-refractivity contribution in [1.29, 1.82) is 0 Å². The monoisotopic (exact) mass is 295 g/mol. The van der Waals surface area contributed by atoms with E-state index >= 15 is 0 Å². The number of rotatable bonds is 7. The molecule has 7 heteroatoms. The molecule has 1 aliphatic heterocycles. The molecule has 0 bridgehead atoms. The van der Waals surface area contributed by atoms with E-state index in [2.05, 4.69) is 5.32 Å². The number of benzene rings is 1. The van der Waals surface area contributed by atoms with Gasteiger partial charge in [0.15, 0.2) is 5.75 Å². The molecular formula is C14H21N3O4. The first-order valence-corrected chi connectivity index (χ1v) is 7.07. The Bertz CT molecular complexity index is 489. The summed E-state index contributed by atoms with van der Waals surface area (Å²) in [4.78, 5) is 12.5. The fraction of sp³-hybridized carbons (Fsp3) is 0.571. The first-order valence-electron chi connectivity index (χ1n) is 7.07. The van der Waals surface area contributed by atoms with Gasteiger partial charge in [-0.3, -0.25) is 10.1 Å². The number of aliphatic hydroxyl groups is 1. The molecule has 1 aromatic carbocycles.